The molecule has 2 N–H and O–H groups in total. The minimum atomic E-state index is -0.521. The van der Waals surface area contributed by atoms with Crippen LogP contribution in [-0.4, -0.2) is 84.7 Å². The Bertz CT molecular complexity index is 1790. The Hall–Kier alpha value is -4.48. The number of carbonyl (C=O) groups excluding carboxylic acids is 1. The van der Waals surface area contributed by atoms with E-state index in [0.717, 1.165) is 39.8 Å². The zero-order valence-corrected chi connectivity index (χ0v) is 24.7. The third-order valence-corrected chi connectivity index (χ3v) is 8.14. The van der Waals surface area contributed by atoms with Crippen molar-refractivity contribution in [3.05, 3.63) is 78.4 Å². The molecule has 2 aromatic carbocycles. The molecule has 0 aliphatic carbocycles. The summed E-state index contributed by atoms with van der Waals surface area (Å²) in [5, 5.41) is 10.5. The number of fused-ring (bicyclic) bond motifs is 3. The zero-order chi connectivity index (χ0) is 29.7. The van der Waals surface area contributed by atoms with Crippen LogP contribution in [0, 0.1) is 0 Å². The summed E-state index contributed by atoms with van der Waals surface area (Å²) in [5.41, 5.74) is 11.6. The van der Waals surface area contributed by atoms with Gasteiger partial charge in [-0.15, -0.1) is 0 Å². The fourth-order valence-corrected chi connectivity index (χ4v) is 6.08. The highest BCUT2D eigenvalue weighted by Crippen LogP contribution is 2.36. The molecule has 5 heterocycles. The van der Waals surface area contributed by atoms with Crippen molar-refractivity contribution >= 4 is 28.3 Å². The van der Waals surface area contributed by atoms with E-state index in [4.69, 9.17) is 20.3 Å². The molecule has 222 valence electrons. The number of benzene rings is 2. The smallest absolute Gasteiger partial charge is 0.410 e. The van der Waals surface area contributed by atoms with E-state index in [1.807, 2.05) is 48.2 Å². The zero-order valence-electron chi connectivity index (χ0n) is 24.7. The Kier molecular flexibility index (Phi) is 6.78. The van der Waals surface area contributed by atoms with Crippen molar-refractivity contribution in [2.75, 3.05) is 38.5 Å². The Balaban J connectivity index is 1.15. The second kappa shape index (κ2) is 10.7. The number of nitrogen functional groups attached to an aromatic ring is 1. The molecule has 2 saturated heterocycles. The first-order chi connectivity index (χ1) is 20.7. The number of hydrogen-bond donors (Lipinski definition) is 1. The van der Waals surface area contributed by atoms with E-state index in [-0.39, 0.29) is 18.2 Å². The van der Waals surface area contributed by atoms with Crippen LogP contribution in [0.3, 0.4) is 0 Å². The fourth-order valence-electron chi connectivity index (χ4n) is 6.08. The summed E-state index contributed by atoms with van der Waals surface area (Å²) in [6.45, 7) is 9.49. The lowest BCUT2D eigenvalue weighted by Crippen LogP contribution is -2.60. The molecule has 11 nitrogen and oxygen atoms in total. The SMILES string of the molecule is CC(C)(C)OC(=O)N1CCN2CC(c3cc(-c4ccc5cn(Cc6ccccc6)nc5c4)c4c(N)ncnn34)OCC2C1. The summed E-state index contributed by atoms with van der Waals surface area (Å²) in [6, 6.07) is 18.8. The average molecular weight is 581 g/mol. The molecule has 11 heteroatoms. The lowest BCUT2D eigenvalue weighted by atomic mass is 10.0. The Labute approximate surface area is 249 Å². The van der Waals surface area contributed by atoms with Crippen LogP contribution < -0.4 is 5.73 Å². The summed E-state index contributed by atoms with van der Waals surface area (Å²) in [5.74, 6) is 0.408. The quantitative estimate of drug-likeness (QED) is 0.333. The summed E-state index contributed by atoms with van der Waals surface area (Å²) >= 11 is 0. The largest absolute Gasteiger partial charge is 0.444 e. The van der Waals surface area contributed by atoms with Crippen LogP contribution in [0.15, 0.2) is 67.1 Å². The Morgan fingerprint density at radius 2 is 1.93 bits per heavy atom. The lowest BCUT2D eigenvalue weighted by molar-refractivity contribution is -0.0923. The molecule has 0 bridgehead atoms. The minimum absolute atomic E-state index is 0.108. The van der Waals surface area contributed by atoms with Crippen molar-refractivity contribution in [2.45, 2.75) is 45.1 Å². The molecule has 0 radical (unpaired) electrons. The average Bonchev–Trinajstić information content (AvgIpc) is 3.58. The van der Waals surface area contributed by atoms with E-state index in [2.05, 4.69) is 57.6 Å². The maximum absolute atomic E-state index is 12.7. The van der Waals surface area contributed by atoms with Crippen molar-refractivity contribution in [1.29, 1.82) is 0 Å². The molecule has 2 aliphatic heterocycles. The topological polar surface area (TPSA) is 116 Å². The first-order valence-corrected chi connectivity index (χ1v) is 14.7. The molecule has 2 atom stereocenters. The summed E-state index contributed by atoms with van der Waals surface area (Å²) in [6.07, 6.45) is 3.07. The van der Waals surface area contributed by atoms with Gasteiger partial charge in [0.15, 0.2) is 5.82 Å². The van der Waals surface area contributed by atoms with Gasteiger partial charge in [0, 0.05) is 43.3 Å². The molecule has 7 rings (SSSR count). The van der Waals surface area contributed by atoms with E-state index >= 15 is 0 Å². The number of ether oxygens (including phenoxy) is 2. The number of carbonyl (C=O) groups is 1. The third kappa shape index (κ3) is 5.41. The highest BCUT2D eigenvalue weighted by atomic mass is 16.6. The number of morpholine rings is 1. The van der Waals surface area contributed by atoms with E-state index in [1.165, 1.54) is 11.9 Å². The van der Waals surface area contributed by atoms with Gasteiger partial charge in [0.25, 0.3) is 0 Å². The van der Waals surface area contributed by atoms with Gasteiger partial charge in [0.2, 0.25) is 0 Å². The van der Waals surface area contributed by atoms with E-state index < -0.39 is 5.60 Å². The van der Waals surface area contributed by atoms with Gasteiger partial charge >= 0.3 is 6.09 Å². The number of anilines is 1. The van der Waals surface area contributed by atoms with E-state index in [1.54, 1.807) is 4.90 Å². The molecular weight excluding hydrogens is 544 g/mol. The lowest BCUT2D eigenvalue weighted by Gasteiger charge is -2.45. The van der Waals surface area contributed by atoms with Crippen molar-refractivity contribution in [1.82, 2.24) is 34.2 Å². The molecule has 1 amide bonds. The number of piperazine rings is 1. The predicted octanol–water partition coefficient (Wildman–Crippen LogP) is 4.37. The van der Waals surface area contributed by atoms with Gasteiger partial charge < -0.3 is 20.1 Å². The van der Waals surface area contributed by atoms with Crippen LogP contribution in [0.5, 0.6) is 0 Å². The van der Waals surface area contributed by atoms with Gasteiger partial charge in [-0.3, -0.25) is 9.58 Å². The van der Waals surface area contributed by atoms with Gasteiger partial charge in [-0.25, -0.2) is 14.3 Å². The highest BCUT2D eigenvalue weighted by Gasteiger charge is 2.38. The second-order valence-electron chi connectivity index (χ2n) is 12.4. The summed E-state index contributed by atoms with van der Waals surface area (Å²) < 4.78 is 15.9. The Morgan fingerprint density at radius 1 is 1.09 bits per heavy atom. The normalized spacial score (nSPS) is 19.6. The fraction of sp³-hybridized carbons (Fsp3) is 0.375. The number of aromatic nitrogens is 5. The van der Waals surface area contributed by atoms with Gasteiger partial charge in [0.05, 0.1) is 30.4 Å². The van der Waals surface area contributed by atoms with Gasteiger partial charge in [-0.2, -0.15) is 10.2 Å². The van der Waals surface area contributed by atoms with Crippen molar-refractivity contribution in [3.8, 4) is 11.1 Å². The van der Waals surface area contributed by atoms with E-state index in [0.29, 0.717) is 38.6 Å². The summed E-state index contributed by atoms with van der Waals surface area (Å²) in [4.78, 5) is 21.1. The van der Waals surface area contributed by atoms with Gasteiger partial charge in [-0.05, 0) is 44.0 Å². The van der Waals surface area contributed by atoms with Crippen LogP contribution in [0.1, 0.15) is 38.1 Å². The van der Waals surface area contributed by atoms with Crippen LogP contribution >= 0.6 is 0 Å². The minimum Gasteiger partial charge on any atom is -0.444 e. The molecular formula is C32H36N8O3. The van der Waals surface area contributed by atoms with Crippen LogP contribution in [-0.2, 0) is 16.0 Å². The number of amides is 1. The summed E-state index contributed by atoms with van der Waals surface area (Å²) in [7, 11) is 0. The molecule has 0 spiro atoms. The maximum Gasteiger partial charge on any atom is 0.410 e. The van der Waals surface area contributed by atoms with Crippen LogP contribution in [0.25, 0.3) is 27.5 Å². The van der Waals surface area contributed by atoms with Crippen LogP contribution in [0.4, 0.5) is 10.6 Å². The van der Waals surface area contributed by atoms with E-state index in [9.17, 15) is 4.79 Å². The number of rotatable bonds is 4. The molecule has 2 aliphatic rings. The first kappa shape index (κ1) is 27.4. The van der Waals surface area contributed by atoms with Crippen molar-refractivity contribution in [2.24, 2.45) is 0 Å². The monoisotopic (exact) mass is 580 g/mol. The standard InChI is InChI=1S/C32H36N8O3/c1-32(2,3)43-31(41)38-12-11-37-18-28(42-19-24(37)17-38)27-14-25(29-30(33)34-20-35-40(27)29)22-9-10-23-16-39(36-26(23)13-22)15-21-7-5-4-6-8-21/h4-10,13-14,16,20,24,28H,11-12,15,17-19H2,1-3H3,(H2,33,34,35). The molecule has 5 aromatic rings. The number of nitrogens with two attached hydrogens (primary N) is 1. The Morgan fingerprint density at radius 3 is 2.74 bits per heavy atom. The maximum atomic E-state index is 12.7. The highest BCUT2D eigenvalue weighted by molar-refractivity contribution is 5.92. The molecule has 3 aromatic heterocycles. The molecule has 43 heavy (non-hydrogen) atoms. The second-order valence-corrected chi connectivity index (χ2v) is 12.4. The van der Waals surface area contributed by atoms with Crippen molar-refractivity contribution < 1.29 is 14.3 Å². The predicted molar refractivity (Wildman–Crippen MR) is 164 cm³/mol. The first-order valence-electron chi connectivity index (χ1n) is 14.7. The molecule has 0 saturated carbocycles. The number of nitrogens with zero attached hydrogens (tertiary/aromatic N) is 7. The van der Waals surface area contributed by atoms with Crippen molar-refractivity contribution in [3.63, 3.8) is 0 Å². The molecule has 2 unspecified atom stereocenters. The number of hydrogen-bond acceptors (Lipinski definition) is 8. The third-order valence-electron chi connectivity index (χ3n) is 8.14. The molecule has 2 fully saturated rings. The van der Waals surface area contributed by atoms with Gasteiger partial charge in [0.1, 0.15) is 23.5 Å². The van der Waals surface area contributed by atoms with Gasteiger partial charge in [-0.1, -0.05) is 42.5 Å². The van der Waals surface area contributed by atoms with Crippen LogP contribution in [0.2, 0.25) is 0 Å².